The molecule has 0 aliphatic rings. The van der Waals surface area contributed by atoms with Crippen LogP contribution >= 0.6 is 11.6 Å². The summed E-state index contributed by atoms with van der Waals surface area (Å²) in [7, 11) is 1.80. The number of para-hydroxylation sites is 1. The number of benzene rings is 2. The zero-order chi connectivity index (χ0) is 14.7. The second-order valence-electron chi connectivity index (χ2n) is 4.84. The summed E-state index contributed by atoms with van der Waals surface area (Å²) in [5, 5.41) is 10.4. The van der Waals surface area contributed by atoms with Gasteiger partial charge in [0.15, 0.2) is 0 Å². The summed E-state index contributed by atoms with van der Waals surface area (Å²) in [5.41, 5.74) is 2.04. The highest BCUT2D eigenvalue weighted by atomic mass is 35.5. The normalized spacial score (nSPS) is 12.2. The third-order valence-electron chi connectivity index (χ3n) is 3.18. The fraction of sp³-hybridized carbons (Fsp3) is 0.250. The lowest BCUT2D eigenvalue weighted by molar-refractivity contribution is 0.199. The van der Waals surface area contributed by atoms with Gasteiger partial charge in [-0.15, -0.1) is 0 Å². The fourth-order valence-corrected chi connectivity index (χ4v) is 2.34. The van der Waals surface area contributed by atoms with Crippen molar-refractivity contribution in [2.75, 3.05) is 11.9 Å². The van der Waals surface area contributed by atoms with Crippen molar-refractivity contribution in [1.29, 1.82) is 0 Å². The van der Waals surface area contributed by atoms with Gasteiger partial charge >= 0.3 is 0 Å². The molecule has 2 rings (SSSR count). The molecule has 4 heteroatoms. The van der Waals surface area contributed by atoms with Gasteiger partial charge in [-0.05, 0) is 30.7 Å². The quantitative estimate of drug-likeness (QED) is 0.914. The van der Waals surface area contributed by atoms with Crippen LogP contribution in [0.4, 0.5) is 10.1 Å². The Balaban J connectivity index is 2.29. The highest BCUT2D eigenvalue weighted by Gasteiger charge is 2.16. The van der Waals surface area contributed by atoms with E-state index in [-0.39, 0.29) is 5.82 Å². The summed E-state index contributed by atoms with van der Waals surface area (Å²) in [6.45, 7) is 2.17. The molecule has 1 N–H and O–H groups in total. The topological polar surface area (TPSA) is 23.5 Å². The average molecular weight is 294 g/mol. The van der Waals surface area contributed by atoms with Crippen LogP contribution in [0, 0.1) is 5.82 Å². The lowest BCUT2D eigenvalue weighted by Crippen LogP contribution is -2.20. The van der Waals surface area contributed by atoms with Crippen LogP contribution < -0.4 is 4.90 Å². The van der Waals surface area contributed by atoms with Crippen molar-refractivity contribution >= 4 is 17.3 Å². The Morgan fingerprint density at radius 3 is 2.45 bits per heavy atom. The number of rotatable bonds is 4. The molecule has 0 aromatic heterocycles. The van der Waals surface area contributed by atoms with E-state index in [9.17, 15) is 9.50 Å². The molecule has 0 aliphatic carbocycles. The lowest BCUT2D eigenvalue weighted by atomic mass is 10.1. The van der Waals surface area contributed by atoms with Crippen LogP contribution in [0.5, 0.6) is 0 Å². The van der Waals surface area contributed by atoms with Crippen molar-refractivity contribution in [2.45, 2.75) is 19.6 Å². The summed E-state index contributed by atoms with van der Waals surface area (Å²) < 4.78 is 14.1. The summed E-state index contributed by atoms with van der Waals surface area (Å²) in [6.07, 6.45) is -0.714. The van der Waals surface area contributed by atoms with E-state index < -0.39 is 6.10 Å². The van der Waals surface area contributed by atoms with E-state index in [0.717, 1.165) is 5.56 Å². The minimum Gasteiger partial charge on any atom is -0.389 e. The molecular formula is C16H17ClFNO. The van der Waals surface area contributed by atoms with Gasteiger partial charge in [0, 0.05) is 24.2 Å². The van der Waals surface area contributed by atoms with Crippen molar-refractivity contribution < 1.29 is 9.50 Å². The van der Waals surface area contributed by atoms with E-state index in [0.29, 0.717) is 22.8 Å². The molecule has 0 unspecified atom stereocenters. The standard InChI is InChI=1S/C16H17ClFNO/c1-11(20)14-4-3-5-15(18)16(14)19(2)10-12-6-8-13(17)9-7-12/h3-9,11,20H,10H2,1-2H3/t11-/m1/s1. The summed E-state index contributed by atoms with van der Waals surface area (Å²) in [5.74, 6) is -0.333. The summed E-state index contributed by atoms with van der Waals surface area (Å²) in [6, 6.07) is 12.2. The first-order chi connectivity index (χ1) is 9.49. The molecule has 2 aromatic carbocycles. The molecule has 0 fully saturated rings. The van der Waals surface area contributed by atoms with Crippen LogP contribution in [0.2, 0.25) is 5.02 Å². The molecule has 2 nitrogen and oxygen atoms in total. The first-order valence-corrected chi connectivity index (χ1v) is 6.79. The number of hydrogen-bond acceptors (Lipinski definition) is 2. The molecule has 106 valence electrons. The van der Waals surface area contributed by atoms with E-state index in [1.807, 2.05) is 24.3 Å². The third-order valence-corrected chi connectivity index (χ3v) is 3.43. The number of anilines is 1. The molecule has 0 saturated carbocycles. The predicted octanol–water partition coefficient (Wildman–Crippen LogP) is 4.17. The maximum atomic E-state index is 14.1. The highest BCUT2D eigenvalue weighted by Crippen LogP contribution is 2.29. The minimum absolute atomic E-state index is 0.333. The van der Waals surface area contributed by atoms with Crippen molar-refractivity contribution in [3.63, 3.8) is 0 Å². The Kier molecular flexibility index (Phi) is 4.63. The van der Waals surface area contributed by atoms with Crippen LogP contribution in [0.3, 0.4) is 0 Å². The van der Waals surface area contributed by atoms with E-state index in [1.165, 1.54) is 6.07 Å². The van der Waals surface area contributed by atoms with Crippen LogP contribution in [-0.4, -0.2) is 12.2 Å². The smallest absolute Gasteiger partial charge is 0.146 e. The van der Waals surface area contributed by atoms with Crippen molar-refractivity contribution in [1.82, 2.24) is 0 Å². The zero-order valence-corrected chi connectivity index (χ0v) is 12.2. The van der Waals surface area contributed by atoms with Crippen LogP contribution in [0.15, 0.2) is 42.5 Å². The van der Waals surface area contributed by atoms with Gasteiger partial charge in [0.25, 0.3) is 0 Å². The van der Waals surface area contributed by atoms with E-state index in [1.54, 1.807) is 31.0 Å². The van der Waals surface area contributed by atoms with Crippen LogP contribution in [0.1, 0.15) is 24.2 Å². The maximum Gasteiger partial charge on any atom is 0.146 e. The molecule has 0 bridgehead atoms. The highest BCUT2D eigenvalue weighted by molar-refractivity contribution is 6.30. The van der Waals surface area contributed by atoms with Gasteiger partial charge in [-0.2, -0.15) is 0 Å². The Hall–Kier alpha value is -1.58. The van der Waals surface area contributed by atoms with Gasteiger partial charge < -0.3 is 10.0 Å². The van der Waals surface area contributed by atoms with Gasteiger partial charge in [0.05, 0.1) is 11.8 Å². The summed E-state index contributed by atoms with van der Waals surface area (Å²) in [4.78, 5) is 1.79. The Labute approximate surface area is 123 Å². The Morgan fingerprint density at radius 1 is 1.20 bits per heavy atom. The van der Waals surface area contributed by atoms with Crippen molar-refractivity contribution in [2.24, 2.45) is 0 Å². The predicted molar refractivity (Wildman–Crippen MR) is 80.6 cm³/mol. The first kappa shape index (κ1) is 14.8. The van der Waals surface area contributed by atoms with Gasteiger partial charge in [-0.3, -0.25) is 0 Å². The molecular weight excluding hydrogens is 277 g/mol. The molecule has 0 aliphatic heterocycles. The fourth-order valence-electron chi connectivity index (χ4n) is 2.21. The van der Waals surface area contributed by atoms with Crippen LogP contribution in [-0.2, 0) is 6.54 Å². The molecule has 0 heterocycles. The van der Waals surface area contributed by atoms with Crippen molar-refractivity contribution in [3.05, 3.63) is 64.4 Å². The summed E-state index contributed by atoms with van der Waals surface area (Å²) >= 11 is 5.85. The van der Waals surface area contributed by atoms with Crippen molar-refractivity contribution in [3.8, 4) is 0 Å². The Bertz CT molecular complexity index is 584. The number of nitrogens with zero attached hydrogens (tertiary/aromatic N) is 1. The lowest BCUT2D eigenvalue weighted by Gasteiger charge is -2.24. The molecule has 20 heavy (non-hydrogen) atoms. The van der Waals surface area contributed by atoms with E-state index in [4.69, 9.17) is 11.6 Å². The first-order valence-electron chi connectivity index (χ1n) is 6.41. The SMILES string of the molecule is C[C@@H](O)c1cccc(F)c1N(C)Cc1ccc(Cl)cc1. The molecule has 0 amide bonds. The minimum atomic E-state index is -0.714. The van der Waals surface area contributed by atoms with Gasteiger partial charge in [0.1, 0.15) is 5.82 Å². The zero-order valence-electron chi connectivity index (χ0n) is 11.5. The number of aliphatic hydroxyl groups is 1. The molecule has 0 spiro atoms. The second-order valence-corrected chi connectivity index (χ2v) is 5.27. The van der Waals surface area contributed by atoms with E-state index >= 15 is 0 Å². The number of halogens is 2. The maximum absolute atomic E-state index is 14.1. The van der Waals surface area contributed by atoms with E-state index in [2.05, 4.69) is 0 Å². The number of aliphatic hydroxyl groups excluding tert-OH is 1. The average Bonchev–Trinajstić information content (AvgIpc) is 2.40. The third kappa shape index (κ3) is 3.30. The van der Waals surface area contributed by atoms with Gasteiger partial charge in [-0.25, -0.2) is 4.39 Å². The monoisotopic (exact) mass is 293 g/mol. The number of hydrogen-bond donors (Lipinski definition) is 1. The van der Waals surface area contributed by atoms with Gasteiger partial charge in [-0.1, -0.05) is 35.9 Å². The molecule has 0 radical (unpaired) electrons. The molecule has 0 saturated heterocycles. The molecule has 1 atom stereocenters. The van der Waals surface area contributed by atoms with Gasteiger partial charge in [0.2, 0.25) is 0 Å². The van der Waals surface area contributed by atoms with Crippen LogP contribution in [0.25, 0.3) is 0 Å². The second kappa shape index (κ2) is 6.25. The largest absolute Gasteiger partial charge is 0.389 e. The molecule has 2 aromatic rings. The Morgan fingerprint density at radius 2 is 1.85 bits per heavy atom.